The third-order valence-electron chi connectivity index (χ3n) is 1.88. The van der Waals surface area contributed by atoms with Crippen molar-refractivity contribution >= 4 is 5.82 Å². The zero-order chi connectivity index (χ0) is 9.42. The minimum atomic E-state index is 0.385. The molecule has 0 amide bonds. The van der Waals surface area contributed by atoms with Gasteiger partial charge in [-0.25, -0.2) is 0 Å². The van der Waals surface area contributed by atoms with Gasteiger partial charge in [-0.1, -0.05) is 5.16 Å². The molecule has 0 fully saturated rings. The van der Waals surface area contributed by atoms with Crippen LogP contribution in [-0.2, 0) is 7.05 Å². The summed E-state index contributed by atoms with van der Waals surface area (Å²) in [6.07, 6.45) is 1.77. The molecular weight excluding hydrogens is 168 g/mol. The van der Waals surface area contributed by atoms with Crippen LogP contribution in [0.1, 0.15) is 5.56 Å². The molecule has 0 aliphatic rings. The molecule has 0 radical (unpaired) electrons. The number of anilines is 1. The third kappa shape index (κ3) is 1.18. The fourth-order valence-electron chi connectivity index (χ4n) is 1.30. The summed E-state index contributed by atoms with van der Waals surface area (Å²) >= 11 is 0. The van der Waals surface area contributed by atoms with E-state index in [1.165, 1.54) is 0 Å². The van der Waals surface area contributed by atoms with Gasteiger partial charge in [0.05, 0.1) is 6.20 Å². The summed E-state index contributed by atoms with van der Waals surface area (Å²) in [6, 6.07) is 1.68. The molecule has 68 valence electrons. The predicted molar refractivity (Wildman–Crippen MR) is 47.9 cm³/mol. The number of hydrogen-bond acceptors (Lipinski definition) is 4. The van der Waals surface area contributed by atoms with Crippen molar-refractivity contribution < 1.29 is 4.52 Å². The minimum Gasteiger partial charge on any atom is -0.381 e. The van der Waals surface area contributed by atoms with Crippen molar-refractivity contribution in [1.29, 1.82) is 0 Å². The van der Waals surface area contributed by atoms with Crippen LogP contribution in [0.5, 0.6) is 0 Å². The number of aromatic nitrogens is 3. The lowest BCUT2D eigenvalue weighted by atomic mass is 10.2. The Bertz CT molecular complexity index is 410. The van der Waals surface area contributed by atoms with E-state index in [9.17, 15) is 0 Å². The Morgan fingerprint density at radius 3 is 2.77 bits per heavy atom. The molecule has 2 aromatic heterocycles. The Hall–Kier alpha value is -1.78. The first-order valence-electron chi connectivity index (χ1n) is 3.89. The van der Waals surface area contributed by atoms with Gasteiger partial charge in [-0.2, -0.15) is 5.10 Å². The van der Waals surface area contributed by atoms with Crippen LogP contribution in [0.2, 0.25) is 0 Å². The molecule has 2 rings (SSSR count). The predicted octanol–water partition coefficient (Wildman–Crippen LogP) is 0.966. The Labute approximate surface area is 75.1 Å². The summed E-state index contributed by atoms with van der Waals surface area (Å²) in [6.45, 7) is 1.96. The molecule has 5 heteroatoms. The van der Waals surface area contributed by atoms with Crippen molar-refractivity contribution in [1.82, 2.24) is 14.9 Å². The summed E-state index contributed by atoms with van der Waals surface area (Å²) in [7, 11) is 1.85. The zero-order valence-electron chi connectivity index (χ0n) is 7.48. The van der Waals surface area contributed by atoms with Crippen molar-refractivity contribution in [3.05, 3.63) is 17.8 Å². The summed E-state index contributed by atoms with van der Waals surface area (Å²) < 4.78 is 6.77. The van der Waals surface area contributed by atoms with Crippen molar-refractivity contribution in [2.45, 2.75) is 6.92 Å². The minimum absolute atomic E-state index is 0.385. The molecular formula is C8H10N4O. The van der Waals surface area contributed by atoms with E-state index < -0.39 is 0 Å². The number of nitrogen functional groups attached to an aromatic ring is 1. The van der Waals surface area contributed by atoms with Gasteiger partial charge in [0.25, 0.3) is 0 Å². The monoisotopic (exact) mass is 178 g/mol. The van der Waals surface area contributed by atoms with Crippen LogP contribution in [0.15, 0.2) is 16.8 Å². The molecule has 2 N–H and O–H groups in total. The highest BCUT2D eigenvalue weighted by molar-refractivity contribution is 5.59. The Morgan fingerprint density at radius 1 is 1.54 bits per heavy atom. The quantitative estimate of drug-likeness (QED) is 0.706. The summed E-state index contributed by atoms with van der Waals surface area (Å²) in [5, 5.41) is 7.71. The van der Waals surface area contributed by atoms with Crippen molar-refractivity contribution in [2.24, 2.45) is 7.05 Å². The van der Waals surface area contributed by atoms with Crippen molar-refractivity contribution in [3.63, 3.8) is 0 Å². The van der Waals surface area contributed by atoms with E-state index >= 15 is 0 Å². The molecule has 13 heavy (non-hydrogen) atoms. The van der Waals surface area contributed by atoms with Crippen LogP contribution >= 0.6 is 0 Å². The zero-order valence-corrected chi connectivity index (χ0v) is 7.48. The molecule has 2 heterocycles. The Kier molecular flexibility index (Phi) is 1.58. The van der Waals surface area contributed by atoms with E-state index in [0.717, 1.165) is 11.3 Å². The van der Waals surface area contributed by atoms with Gasteiger partial charge < -0.3 is 10.3 Å². The van der Waals surface area contributed by atoms with E-state index in [-0.39, 0.29) is 0 Å². The topological polar surface area (TPSA) is 69.9 Å². The molecule has 0 saturated carbocycles. The smallest absolute Gasteiger partial charge is 0.187 e. The van der Waals surface area contributed by atoms with Gasteiger partial charge in [-0.3, -0.25) is 4.68 Å². The molecule has 2 aromatic rings. The second-order valence-electron chi connectivity index (χ2n) is 2.92. The molecule has 0 saturated heterocycles. The maximum atomic E-state index is 5.45. The lowest BCUT2D eigenvalue weighted by Gasteiger charge is -1.96. The highest BCUT2D eigenvalue weighted by atomic mass is 16.5. The normalized spacial score (nSPS) is 10.6. The summed E-state index contributed by atoms with van der Waals surface area (Å²) in [5.74, 6) is 1.03. The Balaban J connectivity index is 2.57. The maximum absolute atomic E-state index is 5.45. The van der Waals surface area contributed by atoms with Crippen LogP contribution in [-0.4, -0.2) is 14.9 Å². The van der Waals surface area contributed by atoms with Crippen molar-refractivity contribution in [2.75, 3.05) is 5.73 Å². The van der Waals surface area contributed by atoms with Crippen molar-refractivity contribution in [3.8, 4) is 11.5 Å². The third-order valence-corrected chi connectivity index (χ3v) is 1.88. The SMILES string of the molecule is Cc1cnn(C)c1-c1cc(N)no1. The highest BCUT2D eigenvalue weighted by Crippen LogP contribution is 2.23. The van der Waals surface area contributed by atoms with Crippen LogP contribution < -0.4 is 5.73 Å². The van der Waals surface area contributed by atoms with Gasteiger partial charge in [0.15, 0.2) is 11.6 Å². The number of aryl methyl sites for hydroxylation is 2. The van der Waals surface area contributed by atoms with Gasteiger partial charge >= 0.3 is 0 Å². The summed E-state index contributed by atoms with van der Waals surface area (Å²) in [5.41, 5.74) is 7.40. The van der Waals surface area contributed by atoms with Gasteiger partial charge in [0, 0.05) is 13.1 Å². The molecule has 0 aliphatic heterocycles. The first-order chi connectivity index (χ1) is 6.18. The highest BCUT2D eigenvalue weighted by Gasteiger charge is 2.11. The molecule has 5 nitrogen and oxygen atoms in total. The molecule has 0 aromatic carbocycles. The first-order valence-corrected chi connectivity index (χ1v) is 3.89. The van der Waals surface area contributed by atoms with Gasteiger partial charge in [0.2, 0.25) is 0 Å². The number of nitrogens with two attached hydrogens (primary N) is 1. The Morgan fingerprint density at radius 2 is 2.31 bits per heavy atom. The molecule has 0 atom stereocenters. The number of hydrogen-bond donors (Lipinski definition) is 1. The fourth-order valence-corrected chi connectivity index (χ4v) is 1.30. The van der Waals surface area contributed by atoms with Crippen LogP contribution in [0, 0.1) is 6.92 Å². The van der Waals surface area contributed by atoms with Crippen LogP contribution in [0.25, 0.3) is 11.5 Å². The summed E-state index contributed by atoms with van der Waals surface area (Å²) in [4.78, 5) is 0. The fraction of sp³-hybridized carbons (Fsp3) is 0.250. The van der Waals surface area contributed by atoms with Gasteiger partial charge in [-0.15, -0.1) is 0 Å². The van der Waals surface area contributed by atoms with E-state index in [0.29, 0.717) is 11.6 Å². The number of rotatable bonds is 1. The lowest BCUT2D eigenvalue weighted by molar-refractivity contribution is 0.432. The molecule has 0 unspecified atom stereocenters. The average Bonchev–Trinajstić information content (AvgIpc) is 2.60. The first kappa shape index (κ1) is 7.85. The average molecular weight is 178 g/mol. The van der Waals surface area contributed by atoms with Crippen LogP contribution in [0.3, 0.4) is 0 Å². The van der Waals surface area contributed by atoms with Crippen LogP contribution in [0.4, 0.5) is 5.82 Å². The maximum Gasteiger partial charge on any atom is 0.187 e. The van der Waals surface area contributed by atoms with E-state index in [2.05, 4.69) is 10.3 Å². The number of nitrogens with zero attached hydrogens (tertiary/aromatic N) is 3. The van der Waals surface area contributed by atoms with Gasteiger partial charge in [-0.05, 0) is 12.5 Å². The standard InChI is InChI=1S/C8H10N4O/c1-5-4-10-12(2)8(5)6-3-7(9)11-13-6/h3-4H,1-2H3,(H2,9,11). The van der Waals surface area contributed by atoms with Gasteiger partial charge in [0.1, 0.15) is 5.69 Å². The molecule has 0 aliphatic carbocycles. The lowest BCUT2D eigenvalue weighted by Crippen LogP contribution is -1.93. The van der Waals surface area contributed by atoms with E-state index in [1.54, 1.807) is 16.9 Å². The second kappa shape index (κ2) is 2.62. The van der Waals surface area contributed by atoms with E-state index in [1.807, 2.05) is 14.0 Å². The molecule has 0 spiro atoms. The molecule has 0 bridgehead atoms. The largest absolute Gasteiger partial charge is 0.381 e. The van der Waals surface area contributed by atoms with E-state index in [4.69, 9.17) is 10.3 Å². The second-order valence-corrected chi connectivity index (χ2v) is 2.92.